The summed E-state index contributed by atoms with van der Waals surface area (Å²) in [4.78, 5) is 97.2. The molecule has 67 heavy (non-hydrogen) atoms. The lowest BCUT2D eigenvalue weighted by molar-refractivity contribution is -0.144. The predicted molar refractivity (Wildman–Crippen MR) is 258 cm³/mol. The summed E-state index contributed by atoms with van der Waals surface area (Å²) in [5, 5.41) is 21.2. The van der Waals surface area contributed by atoms with Crippen LogP contribution in [0.5, 0.6) is 0 Å². The Morgan fingerprint density at radius 3 is 1.75 bits per heavy atom. The van der Waals surface area contributed by atoms with Crippen LogP contribution in [0, 0.1) is 10.8 Å². The highest BCUT2D eigenvalue weighted by Gasteiger charge is 2.46. The second-order valence-corrected chi connectivity index (χ2v) is 20.8. The van der Waals surface area contributed by atoms with E-state index in [0.29, 0.717) is 18.7 Å². The fraction of sp³-hybridized carbons (Fsp3) is 0.588. The van der Waals surface area contributed by atoms with Gasteiger partial charge in [-0.25, -0.2) is 0 Å². The molecule has 2 saturated heterocycles. The van der Waals surface area contributed by atoms with Crippen LogP contribution in [-0.4, -0.2) is 127 Å². The average Bonchev–Trinajstić information content (AvgIpc) is 3.90. The molecule has 2 aromatic carbocycles. The minimum Gasteiger partial charge on any atom is -0.362 e. The van der Waals surface area contributed by atoms with Crippen LogP contribution in [0.25, 0.3) is 0 Å². The molecule has 5 rings (SSSR count). The molecule has 1 aliphatic carbocycles. The van der Waals surface area contributed by atoms with Gasteiger partial charge in [0.25, 0.3) is 0 Å². The van der Waals surface area contributed by atoms with Crippen molar-refractivity contribution in [3.8, 4) is 0 Å². The van der Waals surface area contributed by atoms with Crippen LogP contribution in [0.15, 0.2) is 60.8 Å². The summed E-state index contributed by atoms with van der Waals surface area (Å²) in [6, 6.07) is 10.5. The molecule has 0 aromatic heterocycles. The summed E-state index contributed by atoms with van der Waals surface area (Å²) in [7, 11) is 3.38. The highest BCUT2D eigenvalue weighted by molar-refractivity contribution is 5.94. The van der Waals surface area contributed by atoms with Gasteiger partial charge in [-0.15, -0.1) is 0 Å². The zero-order chi connectivity index (χ0) is 49.4. The monoisotopic (exact) mass is 926 g/mol. The third-order valence-electron chi connectivity index (χ3n) is 13.5. The molecular formula is C51H75N9O7. The summed E-state index contributed by atoms with van der Waals surface area (Å²) >= 11 is 0. The van der Waals surface area contributed by atoms with E-state index >= 15 is 0 Å². The lowest BCUT2D eigenvalue weighted by Gasteiger charge is -2.39. The van der Waals surface area contributed by atoms with Gasteiger partial charge in [0, 0.05) is 30.9 Å². The smallest absolute Gasteiger partial charge is 0.246 e. The fourth-order valence-electron chi connectivity index (χ4n) is 9.31. The molecule has 9 atom stereocenters. The highest BCUT2D eigenvalue weighted by Crippen LogP contribution is 2.33. The number of carbonyl (C=O) groups excluding carboxylic acids is 7. The van der Waals surface area contributed by atoms with E-state index in [9.17, 15) is 33.6 Å². The fourth-order valence-corrected chi connectivity index (χ4v) is 9.31. The molecule has 6 amide bonds. The molecule has 7 N–H and O–H groups in total. The van der Waals surface area contributed by atoms with E-state index in [4.69, 9.17) is 0 Å². The lowest BCUT2D eigenvalue weighted by Crippen LogP contribution is -2.59. The normalized spacial score (nSPS) is 22.3. The molecule has 3 unspecified atom stereocenters. The Morgan fingerprint density at radius 2 is 1.22 bits per heavy atom. The Labute approximate surface area is 397 Å². The SMILES string of the molecule is C=C(C(NC(=O)[C@H](C)NC)C(C)(C)C)N1C[C@@H](NC(=O)Cc2ccc(CC(=O)NC3CC(C(=O)N[C@@H]4CCCc5ccccc54)N(C(=O)[C@@H](NC(=O)[C@H](C)NC)C(C)(C)C)C3)cc2)C[C@H]1C=O. The van der Waals surface area contributed by atoms with Gasteiger partial charge >= 0.3 is 0 Å². The molecule has 0 saturated carbocycles. The van der Waals surface area contributed by atoms with Gasteiger partial charge in [-0.3, -0.25) is 28.8 Å². The van der Waals surface area contributed by atoms with Gasteiger partial charge in [0.2, 0.25) is 35.4 Å². The number of carbonyl (C=O) groups is 7. The largest absolute Gasteiger partial charge is 0.362 e. The first-order valence-electron chi connectivity index (χ1n) is 23.8. The van der Waals surface area contributed by atoms with Crippen LogP contribution in [0.2, 0.25) is 0 Å². The molecule has 366 valence electrons. The van der Waals surface area contributed by atoms with Gasteiger partial charge in [0.15, 0.2) is 0 Å². The Hall–Kier alpha value is -5.61. The molecule has 2 aliphatic heterocycles. The molecule has 2 fully saturated rings. The maximum Gasteiger partial charge on any atom is 0.246 e. The second-order valence-electron chi connectivity index (χ2n) is 20.8. The number of aldehydes is 1. The first kappa shape index (κ1) is 52.4. The van der Waals surface area contributed by atoms with Crippen molar-refractivity contribution >= 4 is 41.7 Å². The molecule has 0 radical (unpaired) electrons. The Bertz CT molecular complexity index is 2130. The van der Waals surface area contributed by atoms with Crippen molar-refractivity contribution in [3.63, 3.8) is 0 Å². The highest BCUT2D eigenvalue weighted by atomic mass is 16.2. The molecular weight excluding hydrogens is 851 g/mol. The Kier molecular flexibility index (Phi) is 17.6. The van der Waals surface area contributed by atoms with Gasteiger partial charge in [-0.1, -0.05) is 96.7 Å². The van der Waals surface area contributed by atoms with E-state index in [1.54, 1.807) is 52.2 Å². The maximum atomic E-state index is 14.5. The number of amides is 6. The summed E-state index contributed by atoms with van der Waals surface area (Å²) in [6.45, 7) is 19.8. The van der Waals surface area contributed by atoms with Crippen molar-refractivity contribution < 1.29 is 33.6 Å². The van der Waals surface area contributed by atoms with Crippen LogP contribution in [0.4, 0.5) is 0 Å². The molecule has 0 spiro atoms. The van der Waals surface area contributed by atoms with Crippen LogP contribution >= 0.6 is 0 Å². The first-order valence-corrected chi connectivity index (χ1v) is 23.8. The van der Waals surface area contributed by atoms with Crippen LogP contribution in [0.1, 0.15) is 109 Å². The quantitative estimate of drug-likeness (QED) is 0.109. The first-order chi connectivity index (χ1) is 31.5. The second kappa shape index (κ2) is 22.5. The molecule has 16 heteroatoms. The Balaban J connectivity index is 1.21. The number of fused-ring (bicyclic) bond motifs is 1. The van der Waals surface area contributed by atoms with Crippen LogP contribution in [-0.2, 0) is 52.8 Å². The van der Waals surface area contributed by atoms with Gasteiger partial charge in [0.1, 0.15) is 18.4 Å². The van der Waals surface area contributed by atoms with Crippen molar-refractivity contribution in [1.82, 2.24) is 47.0 Å². The van der Waals surface area contributed by atoms with Crippen LogP contribution < -0.4 is 37.2 Å². The Morgan fingerprint density at radius 1 is 0.716 bits per heavy atom. The zero-order valence-corrected chi connectivity index (χ0v) is 41.2. The summed E-state index contributed by atoms with van der Waals surface area (Å²) in [5.74, 6) is -1.71. The van der Waals surface area contributed by atoms with Crippen molar-refractivity contribution in [2.75, 3.05) is 27.2 Å². The van der Waals surface area contributed by atoms with E-state index in [1.165, 1.54) is 10.5 Å². The van der Waals surface area contributed by atoms with Gasteiger partial charge < -0.3 is 51.8 Å². The van der Waals surface area contributed by atoms with Gasteiger partial charge in [-0.2, -0.15) is 0 Å². The van der Waals surface area contributed by atoms with Gasteiger partial charge in [-0.05, 0) is 93.1 Å². The number of aryl methyl sites for hydroxylation is 1. The van der Waals surface area contributed by atoms with Crippen molar-refractivity contribution in [1.29, 1.82) is 0 Å². The summed E-state index contributed by atoms with van der Waals surface area (Å²) in [5.41, 5.74) is 3.24. The number of rotatable bonds is 18. The van der Waals surface area contributed by atoms with E-state index < -0.39 is 59.0 Å². The number of nitrogens with one attached hydrogen (secondary N) is 7. The minimum atomic E-state index is -0.934. The van der Waals surface area contributed by atoms with Crippen molar-refractivity contribution in [3.05, 3.63) is 83.1 Å². The van der Waals surface area contributed by atoms with Crippen molar-refractivity contribution in [2.45, 2.75) is 155 Å². The van der Waals surface area contributed by atoms with E-state index in [2.05, 4.69) is 49.9 Å². The number of nitrogens with zero attached hydrogens (tertiary/aromatic N) is 2. The number of hydrogen-bond donors (Lipinski definition) is 7. The lowest BCUT2D eigenvalue weighted by atomic mass is 9.84. The topological polar surface area (TPSA) is 210 Å². The number of likely N-dealkylation sites (N-methyl/N-ethyl adjacent to an activating group) is 2. The molecule has 0 bridgehead atoms. The molecule has 3 aliphatic rings. The number of benzene rings is 2. The summed E-state index contributed by atoms with van der Waals surface area (Å²) < 4.78 is 0. The van der Waals surface area contributed by atoms with Gasteiger partial charge in [0.05, 0.1) is 43.1 Å². The minimum absolute atomic E-state index is 0.0357. The van der Waals surface area contributed by atoms with E-state index in [-0.39, 0.29) is 67.4 Å². The summed E-state index contributed by atoms with van der Waals surface area (Å²) in [6.07, 6.45) is 4.20. The molecule has 2 heterocycles. The number of hydrogen-bond acceptors (Lipinski definition) is 10. The maximum absolute atomic E-state index is 14.5. The predicted octanol–water partition coefficient (Wildman–Crippen LogP) is 2.60. The number of likely N-dealkylation sites (tertiary alicyclic amines) is 2. The molecule has 2 aromatic rings. The van der Waals surface area contributed by atoms with E-state index in [0.717, 1.165) is 42.2 Å². The average molecular weight is 926 g/mol. The van der Waals surface area contributed by atoms with E-state index in [1.807, 2.05) is 64.6 Å². The van der Waals surface area contributed by atoms with Crippen LogP contribution in [0.3, 0.4) is 0 Å². The van der Waals surface area contributed by atoms with Crippen molar-refractivity contribution in [2.24, 2.45) is 10.8 Å². The molecule has 16 nitrogen and oxygen atoms in total. The zero-order valence-electron chi connectivity index (χ0n) is 41.2. The standard InChI is InChI=1S/C51H75N9O7/c1-30(52-10)46(64)57-44(50(4,5)6)32(3)59-27-36(25-38(59)29-61)54-42(62)23-33-19-21-34(22-20-33)24-43(63)55-37-26-41(48(66)56-40-18-14-16-35-15-12-13-17-39(35)40)60(28-37)49(67)45(51(7,8)9)58-47(65)31(2)53-11/h12-13,15,17,19-22,29-31,36-38,40-41,44-45,52-53H,3,14,16,18,23-28H2,1-2,4-11H3,(H,54,62)(H,55,63)(H,56,66)(H,57,64)(H,58,65)/t30-,31-,36-,37?,38-,40+,41?,44?,45+/m0/s1. The third kappa shape index (κ3) is 13.5. The third-order valence-corrected chi connectivity index (χ3v) is 13.5.